The fourth-order valence-electron chi connectivity index (χ4n) is 3.65. The number of amides is 1. The first-order chi connectivity index (χ1) is 12.5. The lowest BCUT2D eigenvalue weighted by Gasteiger charge is -2.22. The van der Waals surface area contributed by atoms with Crippen molar-refractivity contribution >= 4 is 5.91 Å². The molecule has 2 heterocycles. The lowest BCUT2D eigenvalue weighted by molar-refractivity contribution is 0.0926. The van der Waals surface area contributed by atoms with E-state index >= 15 is 0 Å². The molecule has 1 aromatic heterocycles. The van der Waals surface area contributed by atoms with Gasteiger partial charge in [0.15, 0.2) is 0 Å². The van der Waals surface area contributed by atoms with Crippen LogP contribution in [0.2, 0.25) is 0 Å². The smallest absolute Gasteiger partial charge is 0.254 e. The average molecular weight is 355 g/mol. The third-order valence-corrected chi connectivity index (χ3v) is 4.90. The molecule has 2 atom stereocenters. The Morgan fingerprint density at radius 1 is 1.27 bits per heavy atom. The SMILES string of the molecule is CCn1cc(C(=O)N[C@@H]2CN(Cc3ccccc3)C[C@H]2CN(C)C)cn1. The van der Waals surface area contributed by atoms with Crippen molar-refractivity contribution in [2.45, 2.75) is 26.1 Å². The summed E-state index contributed by atoms with van der Waals surface area (Å²) >= 11 is 0. The van der Waals surface area contributed by atoms with Gasteiger partial charge in [0, 0.05) is 50.9 Å². The summed E-state index contributed by atoms with van der Waals surface area (Å²) in [7, 11) is 4.17. The van der Waals surface area contributed by atoms with E-state index in [1.54, 1.807) is 10.9 Å². The summed E-state index contributed by atoms with van der Waals surface area (Å²) in [5.74, 6) is 0.388. The number of likely N-dealkylation sites (tertiary alicyclic amines) is 1. The first-order valence-electron chi connectivity index (χ1n) is 9.29. The standard InChI is InChI=1S/C20H29N5O/c1-4-25-14-17(10-21-25)20(26)22-19-15-24(13-18(19)12-23(2)3)11-16-8-6-5-7-9-16/h5-10,14,18-19H,4,11-13,15H2,1-3H3,(H,22,26)/t18-,19-/m1/s1. The third-order valence-electron chi connectivity index (χ3n) is 4.90. The number of aromatic nitrogens is 2. The van der Waals surface area contributed by atoms with Crippen molar-refractivity contribution in [1.82, 2.24) is 24.9 Å². The van der Waals surface area contributed by atoms with Gasteiger partial charge in [0.2, 0.25) is 0 Å². The zero-order valence-electron chi connectivity index (χ0n) is 15.9. The molecule has 1 aliphatic rings. The van der Waals surface area contributed by atoms with Crippen molar-refractivity contribution in [1.29, 1.82) is 0 Å². The third kappa shape index (κ3) is 4.71. The highest BCUT2D eigenvalue weighted by atomic mass is 16.1. The van der Waals surface area contributed by atoms with Gasteiger partial charge < -0.3 is 10.2 Å². The summed E-state index contributed by atoms with van der Waals surface area (Å²) in [5.41, 5.74) is 1.95. The van der Waals surface area contributed by atoms with Crippen LogP contribution in [-0.4, -0.2) is 65.3 Å². The van der Waals surface area contributed by atoms with Crippen LogP contribution in [0.15, 0.2) is 42.7 Å². The van der Waals surface area contributed by atoms with Gasteiger partial charge in [-0.05, 0) is 26.6 Å². The summed E-state index contributed by atoms with van der Waals surface area (Å²) < 4.78 is 1.78. The molecule has 0 spiro atoms. The molecular formula is C20H29N5O. The molecule has 1 N–H and O–H groups in total. The Balaban J connectivity index is 1.65. The van der Waals surface area contributed by atoms with Gasteiger partial charge in [-0.15, -0.1) is 0 Å². The Morgan fingerprint density at radius 2 is 2.04 bits per heavy atom. The van der Waals surface area contributed by atoms with Crippen LogP contribution in [0, 0.1) is 5.92 Å². The number of nitrogens with zero attached hydrogens (tertiary/aromatic N) is 4. The summed E-state index contributed by atoms with van der Waals surface area (Å²) in [6.45, 7) is 6.54. The number of aryl methyl sites for hydroxylation is 1. The maximum Gasteiger partial charge on any atom is 0.254 e. The molecular weight excluding hydrogens is 326 g/mol. The van der Waals surface area contributed by atoms with Crippen LogP contribution in [0.5, 0.6) is 0 Å². The number of rotatable bonds is 7. The number of carbonyl (C=O) groups is 1. The molecule has 26 heavy (non-hydrogen) atoms. The van der Waals surface area contributed by atoms with E-state index in [4.69, 9.17) is 0 Å². The molecule has 1 aromatic carbocycles. The molecule has 140 valence electrons. The Hall–Kier alpha value is -2.18. The quantitative estimate of drug-likeness (QED) is 0.821. The van der Waals surface area contributed by atoms with E-state index in [0.717, 1.165) is 32.7 Å². The van der Waals surface area contributed by atoms with Crippen molar-refractivity contribution < 1.29 is 4.79 Å². The minimum Gasteiger partial charge on any atom is -0.348 e. The van der Waals surface area contributed by atoms with Gasteiger partial charge in [-0.3, -0.25) is 14.4 Å². The molecule has 0 saturated carbocycles. The molecule has 1 aliphatic heterocycles. The second kappa shape index (κ2) is 8.47. The van der Waals surface area contributed by atoms with E-state index in [-0.39, 0.29) is 11.9 Å². The van der Waals surface area contributed by atoms with Crippen LogP contribution < -0.4 is 5.32 Å². The first-order valence-corrected chi connectivity index (χ1v) is 9.29. The molecule has 1 amide bonds. The van der Waals surface area contributed by atoms with Crippen LogP contribution in [0.4, 0.5) is 0 Å². The molecule has 2 aromatic rings. The van der Waals surface area contributed by atoms with Gasteiger partial charge in [0.05, 0.1) is 11.8 Å². The maximum absolute atomic E-state index is 12.6. The Morgan fingerprint density at radius 3 is 2.69 bits per heavy atom. The van der Waals surface area contributed by atoms with Crippen molar-refractivity contribution in [2.75, 3.05) is 33.7 Å². The molecule has 0 unspecified atom stereocenters. The van der Waals surface area contributed by atoms with Gasteiger partial charge in [-0.1, -0.05) is 30.3 Å². The zero-order chi connectivity index (χ0) is 18.5. The van der Waals surface area contributed by atoms with E-state index in [9.17, 15) is 4.79 Å². The molecule has 0 bridgehead atoms. The van der Waals surface area contributed by atoms with Crippen molar-refractivity contribution in [3.05, 3.63) is 53.9 Å². The molecule has 3 rings (SSSR count). The minimum atomic E-state index is -0.0278. The highest BCUT2D eigenvalue weighted by Crippen LogP contribution is 2.20. The predicted molar refractivity (Wildman–Crippen MR) is 103 cm³/mol. The Kier molecular flexibility index (Phi) is 6.06. The second-order valence-electron chi connectivity index (χ2n) is 7.37. The van der Waals surface area contributed by atoms with Crippen LogP contribution in [0.3, 0.4) is 0 Å². The van der Waals surface area contributed by atoms with Gasteiger partial charge >= 0.3 is 0 Å². The van der Waals surface area contributed by atoms with Crippen LogP contribution in [-0.2, 0) is 13.1 Å². The van der Waals surface area contributed by atoms with Gasteiger partial charge in [0.1, 0.15) is 0 Å². The van der Waals surface area contributed by atoms with Crippen molar-refractivity contribution in [3.63, 3.8) is 0 Å². The summed E-state index contributed by atoms with van der Waals surface area (Å²) in [5, 5.41) is 7.45. The van der Waals surface area contributed by atoms with E-state index in [2.05, 4.69) is 58.6 Å². The van der Waals surface area contributed by atoms with E-state index in [1.165, 1.54) is 5.56 Å². The van der Waals surface area contributed by atoms with E-state index in [1.807, 2.05) is 19.2 Å². The minimum absolute atomic E-state index is 0.0278. The van der Waals surface area contributed by atoms with Crippen LogP contribution in [0.1, 0.15) is 22.8 Å². The first kappa shape index (κ1) is 18.6. The molecule has 0 aliphatic carbocycles. The average Bonchev–Trinajstić information content (AvgIpc) is 3.23. The number of carbonyl (C=O) groups excluding carboxylic acids is 1. The molecule has 0 radical (unpaired) electrons. The Bertz CT molecular complexity index is 712. The number of hydrogen-bond acceptors (Lipinski definition) is 4. The molecule has 1 saturated heterocycles. The highest BCUT2D eigenvalue weighted by molar-refractivity contribution is 5.93. The lowest BCUT2D eigenvalue weighted by Crippen LogP contribution is -2.43. The van der Waals surface area contributed by atoms with Gasteiger partial charge in [-0.25, -0.2) is 0 Å². The highest BCUT2D eigenvalue weighted by Gasteiger charge is 2.34. The largest absolute Gasteiger partial charge is 0.348 e. The van der Waals surface area contributed by atoms with Gasteiger partial charge in [0.25, 0.3) is 5.91 Å². The summed E-state index contributed by atoms with van der Waals surface area (Å²) in [4.78, 5) is 17.3. The Labute approximate surface area is 155 Å². The molecule has 6 heteroatoms. The predicted octanol–water partition coefficient (Wildman–Crippen LogP) is 1.69. The van der Waals surface area contributed by atoms with Crippen molar-refractivity contribution in [2.24, 2.45) is 5.92 Å². The van der Waals surface area contributed by atoms with E-state index in [0.29, 0.717) is 11.5 Å². The second-order valence-corrected chi connectivity index (χ2v) is 7.37. The summed E-state index contributed by atoms with van der Waals surface area (Å²) in [6, 6.07) is 10.7. The van der Waals surface area contributed by atoms with Crippen LogP contribution >= 0.6 is 0 Å². The number of hydrogen-bond donors (Lipinski definition) is 1. The zero-order valence-corrected chi connectivity index (χ0v) is 15.9. The van der Waals surface area contributed by atoms with Crippen molar-refractivity contribution in [3.8, 4) is 0 Å². The fraction of sp³-hybridized carbons (Fsp3) is 0.500. The normalized spacial score (nSPS) is 20.6. The van der Waals surface area contributed by atoms with Gasteiger partial charge in [-0.2, -0.15) is 5.10 Å². The van der Waals surface area contributed by atoms with E-state index < -0.39 is 0 Å². The number of benzene rings is 1. The number of nitrogens with one attached hydrogen (secondary N) is 1. The summed E-state index contributed by atoms with van der Waals surface area (Å²) in [6.07, 6.45) is 3.46. The topological polar surface area (TPSA) is 53.4 Å². The molecule has 6 nitrogen and oxygen atoms in total. The lowest BCUT2D eigenvalue weighted by atomic mass is 10.0. The maximum atomic E-state index is 12.6. The monoisotopic (exact) mass is 355 g/mol. The molecule has 1 fully saturated rings. The van der Waals surface area contributed by atoms with Crippen LogP contribution in [0.25, 0.3) is 0 Å². The fourth-order valence-corrected chi connectivity index (χ4v) is 3.65.